The number of aromatic nitrogens is 2. The van der Waals surface area contributed by atoms with Crippen molar-refractivity contribution >= 4 is 10.1 Å². The third-order valence-electron chi connectivity index (χ3n) is 7.67. The molecule has 0 amide bonds. The van der Waals surface area contributed by atoms with Gasteiger partial charge in [-0.15, -0.1) is 0 Å². The summed E-state index contributed by atoms with van der Waals surface area (Å²) in [5.74, 6) is 1.39. The molecular formula is C37H41N3O3S. The molecule has 0 atom stereocenters. The molecule has 0 radical (unpaired) electrons. The molecule has 1 aromatic heterocycles. The Balaban J connectivity index is 1.60. The first-order chi connectivity index (χ1) is 21.2. The van der Waals surface area contributed by atoms with Crippen LogP contribution < -0.4 is 4.18 Å². The lowest BCUT2D eigenvalue weighted by molar-refractivity contribution is 0.241. The SMILES string of the molecule is CCCCn1c(-c2ccccc2)nc(-c2ccccc2)c1CN(Cc1ccccc1)Cc1cc(C)c(OS(C)(=O)=O)c(C)c1. The van der Waals surface area contributed by atoms with Crippen molar-refractivity contribution in [3.05, 3.63) is 131 Å². The number of aryl methyl sites for hydroxylation is 2. The summed E-state index contributed by atoms with van der Waals surface area (Å²) in [6.07, 6.45) is 3.22. The minimum Gasteiger partial charge on any atom is -0.382 e. The maximum absolute atomic E-state index is 11.9. The lowest BCUT2D eigenvalue weighted by Gasteiger charge is -2.25. The van der Waals surface area contributed by atoms with Crippen LogP contribution in [0, 0.1) is 13.8 Å². The van der Waals surface area contributed by atoms with Gasteiger partial charge >= 0.3 is 10.1 Å². The first-order valence-electron chi connectivity index (χ1n) is 15.2. The van der Waals surface area contributed by atoms with Gasteiger partial charge in [0.1, 0.15) is 11.6 Å². The molecule has 0 saturated heterocycles. The van der Waals surface area contributed by atoms with E-state index in [1.165, 1.54) is 11.3 Å². The monoisotopic (exact) mass is 607 g/mol. The van der Waals surface area contributed by atoms with Gasteiger partial charge < -0.3 is 8.75 Å². The fourth-order valence-corrected chi connectivity index (χ4v) is 6.30. The summed E-state index contributed by atoms with van der Waals surface area (Å²) in [5.41, 5.74) is 8.32. The fourth-order valence-electron chi connectivity index (χ4n) is 5.73. The molecule has 0 unspecified atom stereocenters. The minimum absolute atomic E-state index is 0.405. The van der Waals surface area contributed by atoms with Crippen LogP contribution in [-0.4, -0.2) is 29.1 Å². The average Bonchev–Trinajstić information content (AvgIpc) is 3.36. The van der Waals surface area contributed by atoms with Crippen LogP contribution in [0.25, 0.3) is 22.6 Å². The number of benzene rings is 4. The van der Waals surface area contributed by atoms with E-state index in [1.807, 2.05) is 44.2 Å². The first kappa shape index (κ1) is 31.2. The zero-order chi connectivity index (χ0) is 31.1. The Morgan fingerprint density at radius 1 is 0.750 bits per heavy atom. The maximum Gasteiger partial charge on any atom is 0.306 e. The van der Waals surface area contributed by atoms with E-state index in [0.717, 1.165) is 71.5 Å². The molecule has 0 aliphatic rings. The number of unbranched alkanes of at least 4 members (excludes halogenated alkanes) is 1. The highest BCUT2D eigenvalue weighted by Gasteiger charge is 2.23. The molecule has 4 aromatic carbocycles. The van der Waals surface area contributed by atoms with Crippen LogP contribution in [0.4, 0.5) is 0 Å². The van der Waals surface area contributed by atoms with Gasteiger partial charge in [0.25, 0.3) is 0 Å². The van der Waals surface area contributed by atoms with Crippen molar-refractivity contribution in [2.75, 3.05) is 6.26 Å². The van der Waals surface area contributed by atoms with Crippen LogP contribution in [0.5, 0.6) is 5.75 Å². The summed E-state index contributed by atoms with van der Waals surface area (Å²) in [7, 11) is -3.62. The van der Waals surface area contributed by atoms with E-state index in [-0.39, 0.29) is 0 Å². The zero-order valence-electron chi connectivity index (χ0n) is 26.0. The smallest absolute Gasteiger partial charge is 0.306 e. The Morgan fingerprint density at radius 2 is 1.30 bits per heavy atom. The summed E-state index contributed by atoms with van der Waals surface area (Å²) >= 11 is 0. The van der Waals surface area contributed by atoms with Gasteiger partial charge in [-0.1, -0.05) is 116 Å². The topological polar surface area (TPSA) is 64.4 Å². The van der Waals surface area contributed by atoms with Crippen LogP contribution in [0.3, 0.4) is 0 Å². The Morgan fingerprint density at radius 3 is 1.86 bits per heavy atom. The molecule has 0 aliphatic heterocycles. The van der Waals surface area contributed by atoms with Crippen LogP contribution >= 0.6 is 0 Å². The van der Waals surface area contributed by atoms with Crippen LogP contribution in [0.1, 0.15) is 47.7 Å². The molecule has 0 spiro atoms. The highest BCUT2D eigenvalue weighted by Crippen LogP contribution is 2.32. The number of rotatable bonds is 13. The van der Waals surface area contributed by atoms with E-state index in [1.54, 1.807) is 0 Å². The van der Waals surface area contributed by atoms with Crippen molar-refractivity contribution in [2.24, 2.45) is 0 Å². The second kappa shape index (κ2) is 14.1. The van der Waals surface area contributed by atoms with Crippen LogP contribution in [0.15, 0.2) is 103 Å². The van der Waals surface area contributed by atoms with Crippen molar-refractivity contribution < 1.29 is 12.6 Å². The highest BCUT2D eigenvalue weighted by molar-refractivity contribution is 7.86. The van der Waals surface area contributed by atoms with Crippen molar-refractivity contribution in [1.29, 1.82) is 0 Å². The van der Waals surface area contributed by atoms with E-state index in [0.29, 0.717) is 18.8 Å². The van der Waals surface area contributed by atoms with E-state index < -0.39 is 10.1 Å². The molecular weight excluding hydrogens is 566 g/mol. The van der Waals surface area contributed by atoms with E-state index in [2.05, 4.69) is 89.2 Å². The molecule has 0 bridgehead atoms. The zero-order valence-corrected chi connectivity index (χ0v) is 26.8. The Labute approximate surface area is 262 Å². The quantitative estimate of drug-likeness (QED) is 0.126. The second-order valence-corrected chi connectivity index (χ2v) is 13.0. The van der Waals surface area contributed by atoms with Crippen molar-refractivity contribution in [2.45, 2.75) is 59.8 Å². The standard InChI is InChI=1S/C37H41N3O3S/c1-5-6-22-40-34(35(32-18-12-8-13-19-32)38-37(40)33-20-14-9-15-21-33)27-39(25-30-16-10-7-11-17-30)26-31-23-28(2)36(29(3)24-31)43-44(4,41)42/h7-21,23-24H,5-6,22,25-27H2,1-4H3. The van der Waals surface area contributed by atoms with Crippen molar-refractivity contribution in [1.82, 2.24) is 14.5 Å². The van der Waals surface area contributed by atoms with Crippen LogP contribution in [-0.2, 0) is 36.3 Å². The number of hydrogen-bond donors (Lipinski definition) is 0. The molecule has 44 heavy (non-hydrogen) atoms. The summed E-state index contributed by atoms with van der Waals surface area (Å²) in [5, 5.41) is 0. The van der Waals surface area contributed by atoms with Gasteiger partial charge in [0.05, 0.1) is 17.6 Å². The second-order valence-electron chi connectivity index (χ2n) is 11.4. The van der Waals surface area contributed by atoms with Gasteiger partial charge in [-0.25, -0.2) is 4.98 Å². The maximum atomic E-state index is 11.9. The predicted octanol–water partition coefficient (Wildman–Crippen LogP) is 8.17. The molecule has 6 nitrogen and oxygen atoms in total. The molecule has 0 saturated carbocycles. The Bertz CT molecular complexity index is 1760. The minimum atomic E-state index is -3.62. The van der Waals surface area contributed by atoms with Gasteiger partial charge in [-0.05, 0) is 42.5 Å². The van der Waals surface area contributed by atoms with Crippen molar-refractivity contribution in [3.8, 4) is 28.4 Å². The number of hydrogen-bond acceptors (Lipinski definition) is 5. The molecule has 0 fully saturated rings. The Kier molecular flexibility index (Phi) is 9.98. The molecule has 0 N–H and O–H groups in total. The summed E-state index contributed by atoms with van der Waals surface area (Å²) in [6, 6.07) is 35.5. The lowest BCUT2D eigenvalue weighted by atomic mass is 10.0. The molecule has 0 aliphatic carbocycles. The summed E-state index contributed by atoms with van der Waals surface area (Å²) < 4.78 is 31.5. The molecule has 228 valence electrons. The molecule has 1 heterocycles. The average molecular weight is 608 g/mol. The lowest BCUT2D eigenvalue weighted by Crippen LogP contribution is -2.25. The number of imidazole rings is 1. The first-order valence-corrected chi connectivity index (χ1v) is 17.0. The van der Waals surface area contributed by atoms with Gasteiger partial charge in [0, 0.05) is 37.3 Å². The summed E-state index contributed by atoms with van der Waals surface area (Å²) in [6.45, 7) is 9.00. The Hall–Kier alpha value is -4.20. The summed E-state index contributed by atoms with van der Waals surface area (Å²) in [4.78, 5) is 7.75. The van der Waals surface area contributed by atoms with Gasteiger partial charge in [0.2, 0.25) is 0 Å². The van der Waals surface area contributed by atoms with E-state index in [4.69, 9.17) is 9.17 Å². The van der Waals surface area contributed by atoms with Gasteiger partial charge in [-0.3, -0.25) is 4.90 Å². The largest absolute Gasteiger partial charge is 0.382 e. The fraction of sp³-hybridized carbons (Fsp3) is 0.270. The molecule has 7 heteroatoms. The number of nitrogens with zero attached hydrogens (tertiary/aromatic N) is 3. The van der Waals surface area contributed by atoms with Gasteiger partial charge in [0.15, 0.2) is 0 Å². The molecule has 5 aromatic rings. The van der Waals surface area contributed by atoms with E-state index >= 15 is 0 Å². The van der Waals surface area contributed by atoms with Gasteiger partial charge in [-0.2, -0.15) is 8.42 Å². The third-order valence-corrected chi connectivity index (χ3v) is 8.14. The third kappa shape index (κ3) is 7.84. The molecule has 5 rings (SSSR count). The highest BCUT2D eigenvalue weighted by atomic mass is 32.2. The normalized spacial score (nSPS) is 11.7. The predicted molar refractivity (Wildman–Crippen MR) is 179 cm³/mol. The van der Waals surface area contributed by atoms with Crippen LogP contribution in [0.2, 0.25) is 0 Å². The van der Waals surface area contributed by atoms with Crippen molar-refractivity contribution in [3.63, 3.8) is 0 Å². The van der Waals surface area contributed by atoms with E-state index in [9.17, 15) is 8.42 Å².